The van der Waals surface area contributed by atoms with Crippen molar-refractivity contribution in [3.63, 3.8) is 0 Å². The van der Waals surface area contributed by atoms with Gasteiger partial charge in [0.05, 0.1) is 5.56 Å². The van der Waals surface area contributed by atoms with Gasteiger partial charge in [-0.3, -0.25) is 4.79 Å². The molecule has 0 radical (unpaired) electrons. The molecular weight excluding hydrogens is 267 g/mol. The highest BCUT2D eigenvalue weighted by Crippen LogP contribution is 2.16. The van der Waals surface area contributed by atoms with Gasteiger partial charge in [-0.1, -0.05) is 37.8 Å². The van der Waals surface area contributed by atoms with Crippen LogP contribution in [0.1, 0.15) is 54.4 Å². The van der Waals surface area contributed by atoms with E-state index in [9.17, 15) is 9.18 Å². The van der Waals surface area contributed by atoms with Crippen molar-refractivity contribution in [3.05, 3.63) is 35.1 Å². The van der Waals surface area contributed by atoms with E-state index in [1.807, 2.05) is 0 Å². The van der Waals surface area contributed by atoms with Crippen molar-refractivity contribution in [2.45, 2.75) is 51.5 Å². The average Bonchev–Trinajstić information content (AvgIpc) is 2.75. The summed E-state index contributed by atoms with van der Waals surface area (Å²) >= 11 is 0. The lowest BCUT2D eigenvalue weighted by atomic mass is 10.1. The monoisotopic (exact) mass is 292 g/mol. The maximum absolute atomic E-state index is 13.8. The number of hydrogen-bond acceptors (Lipinski definition) is 2. The van der Waals surface area contributed by atoms with E-state index in [-0.39, 0.29) is 11.5 Å². The molecule has 0 spiro atoms. The van der Waals surface area contributed by atoms with Gasteiger partial charge >= 0.3 is 0 Å². The zero-order valence-electron chi connectivity index (χ0n) is 12.8. The number of benzene rings is 1. The number of halogens is 1. The van der Waals surface area contributed by atoms with Crippen LogP contribution in [0.4, 0.5) is 4.39 Å². The summed E-state index contributed by atoms with van der Waals surface area (Å²) in [6.45, 7) is 2.94. The third-order valence-corrected chi connectivity index (χ3v) is 4.14. The van der Waals surface area contributed by atoms with E-state index >= 15 is 0 Å². The van der Waals surface area contributed by atoms with Gasteiger partial charge in [-0.15, -0.1) is 0 Å². The Balaban J connectivity index is 1.73. The van der Waals surface area contributed by atoms with Crippen LogP contribution in [0.25, 0.3) is 0 Å². The molecule has 0 heterocycles. The minimum absolute atomic E-state index is 0.129. The fourth-order valence-electron chi connectivity index (χ4n) is 2.85. The van der Waals surface area contributed by atoms with Gasteiger partial charge in [0.2, 0.25) is 0 Å². The zero-order valence-corrected chi connectivity index (χ0v) is 12.8. The fourth-order valence-corrected chi connectivity index (χ4v) is 2.85. The molecule has 116 valence electrons. The maximum atomic E-state index is 13.8. The van der Waals surface area contributed by atoms with Gasteiger partial charge in [-0.05, 0) is 31.4 Å². The van der Waals surface area contributed by atoms with E-state index in [2.05, 4.69) is 10.6 Å². The van der Waals surface area contributed by atoms with E-state index in [1.54, 1.807) is 19.1 Å². The van der Waals surface area contributed by atoms with E-state index in [1.165, 1.54) is 44.6 Å². The molecule has 0 atom stereocenters. The molecule has 1 saturated carbocycles. The van der Waals surface area contributed by atoms with Crippen molar-refractivity contribution in [3.8, 4) is 0 Å². The Labute approximate surface area is 126 Å². The van der Waals surface area contributed by atoms with Crippen LogP contribution in [0.5, 0.6) is 0 Å². The number of nitrogens with one attached hydrogen (secondary N) is 2. The molecule has 1 aromatic rings. The molecule has 1 amide bonds. The standard InChI is InChI=1S/C17H25FN2O/c1-13-7-6-10-15(16(13)18)17(21)20-12-11-19-14-8-4-2-3-5-9-14/h6-7,10,14,19H,2-5,8-9,11-12H2,1H3,(H,20,21). The third-order valence-electron chi connectivity index (χ3n) is 4.14. The predicted molar refractivity (Wildman–Crippen MR) is 83.0 cm³/mol. The molecule has 21 heavy (non-hydrogen) atoms. The Morgan fingerprint density at radius 2 is 1.90 bits per heavy atom. The largest absolute Gasteiger partial charge is 0.351 e. The number of carbonyl (C=O) groups is 1. The summed E-state index contributed by atoms with van der Waals surface area (Å²) < 4.78 is 13.8. The summed E-state index contributed by atoms with van der Waals surface area (Å²) in [5.41, 5.74) is 0.628. The smallest absolute Gasteiger partial charge is 0.254 e. The molecule has 1 fully saturated rings. The van der Waals surface area contributed by atoms with Crippen LogP contribution in [0.3, 0.4) is 0 Å². The van der Waals surface area contributed by atoms with Crippen molar-refractivity contribution in [2.75, 3.05) is 13.1 Å². The second-order valence-corrected chi connectivity index (χ2v) is 5.83. The van der Waals surface area contributed by atoms with Crippen LogP contribution in [0, 0.1) is 12.7 Å². The number of rotatable bonds is 5. The summed E-state index contributed by atoms with van der Waals surface area (Å²) in [7, 11) is 0. The van der Waals surface area contributed by atoms with E-state index in [0.717, 1.165) is 6.54 Å². The number of carbonyl (C=O) groups excluding carboxylic acids is 1. The summed E-state index contributed by atoms with van der Waals surface area (Å²) in [5.74, 6) is -0.759. The lowest BCUT2D eigenvalue weighted by Crippen LogP contribution is -2.37. The Morgan fingerprint density at radius 1 is 1.19 bits per heavy atom. The topological polar surface area (TPSA) is 41.1 Å². The Bertz CT molecular complexity index is 468. The van der Waals surface area contributed by atoms with Crippen molar-refractivity contribution < 1.29 is 9.18 Å². The summed E-state index contributed by atoms with van der Waals surface area (Å²) in [5, 5.41) is 6.27. The highest BCUT2D eigenvalue weighted by molar-refractivity contribution is 5.94. The number of amides is 1. The molecule has 0 saturated heterocycles. The Hall–Kier alpha value is -1.42. The van der Waals surface area contributed by atoms with Gasteiger partial charge in [0.25, 0.3) is 5.91 Å². The molecule has 1 aliphatic carbocycles. The van der Waals surface area contributed by atoms with Gasteiger partial charge in [0.1, 0.15) is 5.82 Å². The lowest BCUT2D eigenvalue weighted by Gasteiger charge is -2.16. The molecule has 4 heteroatoms. The first-order valence-corrected chi connectivity index (χ1v) is 7.95. The normalized spacial score (nSPS) is 16.5. The zero-order chi connectivity index (χ0) is 15.1. The van der Waals surface area contributed by atoms with Gasteiger partial charge in [-0.25, -0.2) is 4.39 Å². The van der Waals surface area contributed by atoms with E-state index in [4.69, 9.17) is 0 Å². The number of aryl methyl sites for hydroxylation is 1. The minimum Gasteiger partial charge on any atom is -0.351 e. The minimum atomic E-state index is -0.424. The van der Waals surface area contributed by atoms with Crippen molar-refractivity contribution in [1.29, 1.82) is 0 Å². The molecule has 3 nitrogen and oxygen atoms in total. The van der Waals surface area contributed by atoms with E-state index < -0.39 is 5.82 Å². The van der Waals surface area contributed by atoms with Gasteiger partial charge in [0.15, 0.2) is 0 Å². The first-order valence-electron chi connectivity index (χ1n) is 7.95. The maximum Gasteiger partial charge on any atom is 0.254 e. The van der Waals surface area contributed by atoms with Crippen LogP contribution in [0.2, 0.25) is 0 Å². The highest BCUT2D eigenvalue weighted by Gasteiger charge is 2.13. The Morgan fingerprint density at radius 3 is 2.62 bits per heavy atom. The van der Waals surface area contributed by atoms with Crippen molar-refractivity contribution in [1.82, 2.24) is 10.6 Å². The second kappa shape index (κ2) is 8.13. The third kappa shape index (κ3) is 4.81. The highest BCUT2D eigenvalue weighted by atomic mass is 19.1. The molecule has 0 unspecified atom stereocenters. The SMILES string of the molecule is Cc1cccc(C(=O)NCCNC2CCCCCC2)c1F. The molecule has 0 bridgehead atoms. The average molecular weight is 292 g/mol. The molecule has 1 aromatic carbocycles. The second-order valence-electron chi connectivity index (χ2n) is 5.83. The van der Waals surface area contributed by atoms with Crippen LogP contribution < -0.4 is 10.6 Å². The van der Waals surface area contributed by atoms with Crippen LogP contribution in [-0.2, 0) is 0 Å². The molecule has 1 aliphatic rings. The van der Waals surface area contributed by atoms with Crippen LogP contribution >= 0.6 is 0 Å². The van der Waals surface area contributed by atoms with E-state index in [0.29, 0.717) is 18.2 Å². The summed E-state index contributed by atoms with van der Waals surface area (Å²) in [6, 6.07) is 5.47. The van der Waals surface area contributed by atoms with Crippen LogP contribution in [-0.4, -0.2) is 25.0 Å². The molecular formula is C17H25FN2O. The van der Waals surface area contributed by atoms with Gasteiger partial charge in [-0.2, -0.15) is 0 Å². The summed E-state index contributed by atoms with van der Waals surface area (Å²) in [6.07, 6.45) is 7.70. The van der Waals surface area contributed by atoms with Crippen molar-refractivity contribution >= 4 is 5.91 Å². The van der Waals surface area contributed by atoms with Crippen molar-refractivity contribution in [2.24, 2.45) is 0 Å². The Kier molecular flexibility index (Phi) is 6.18. The van der Waals surface area contributed by atoms with Gasteiger partial charge in [0, 0.05) is 19.1 Å². The van der Waals surface area contributed by atoms with Crippen LogP contribution in [0.15, 0.2) is 18.2 Å². The van der Waals surface area contributed by atoms with Gasteiger partial charge < -0.3 is 10.6 Å². The molecule has 2 rings (SSSR count). The predicted octanol–water partition coefficient (Wildman–Crippen LogP) is 3.18. The molecule has 2 N–H and O–H groups in total. The quantitative estimate of drug-likeness (QED) is 0.646. The first kappa shape index (κ1) is 16.0. The molecule has 0 aliphatic heterocycles. The molecule has 0 aromatic heterocycles. The lowest BCUT2D eigenvalue weighted by molar-refractivity contribution is 0.0949. The fraction of sp³-hybridized carbons (Fsp3) is 0.588. The number of hydrogen-bond donors (Lipinski definition) is 2. The summed E-state index contributed by atoms with van der Waals surface area (Å²) in [4.78, 5) is 11.9. The first-order chi connectivity index (χ1) is 10.2.